The molecule has 0 aliphatic carbocycles. The first-order chi connectivity index (χ1) is 12.6. The largest absolute Gasteiger partial charge is 0.348 e. The predicted octanol–water partition coefficient (Wildman–Crippen LogP) is 3.36. The number of aromatic nitrogens is 1. The smallest absolute Gasteiger partial charge is 0.255 e. The normalized spacial score (nSPS) is 18.2. The number of anilines is 1. The lowest BCUT2D eigenvalue weighted by atomic mass is 9.99. The van der Waals surface area contributed by atoms with Crippen LogP contribution in [0.25, 0.3) is 0 Å². The van der Waals surface area contributed by atoms with E-state index >= 15 is 0 Å². The highest BCUT2D eigenvalue weighted by molar-refractivity contribution is 6.09. The fourth-order valence-corrected chi connectivity index (χ4v) is 3.20. The van der Waals surface area contributed by atoms with Gasteiger partial charge >= 0.3 is 0 Å². The van der Waals surface area contributed by atoms with Crippen LogP contribution in [-0.4, -0.2) is 35.4 Å². The van der Waals surface area contributed by atoms with E-state index in [9.17, 15) is 9.59 Å². The zero-order valence-electron chi connectivity index (χ0n) is 15.9. The van der Waals surface area contributed by atoms with Crippen LogP contribution < -0.4 is 16.0 Å². The van der Waals surface area contributed by atoms with Gasteiger partial charge in [0.05, 0.1) is 11.3 Å². The summed E-state index contributed by atoms with van der Waals surface area (Å²) >= 11 is 0. The molecule has 0 saturated carbocycles. The molecule has 1 fully saturated rings. The van der Waals surface area contributed by atoms with Gasteiger partial charge in [-0.2, -0.15) is 0 Å². The lowest BCUT2D eigenvalue weighted by Crippen LogP contribution is -2.52. The first kappa shape index (κ1) is 23.9. The lowest BCUT2D eigenvalue weighted by molar-refractivity contribution is 0.0920. The molecule has 1 aromatic carbocycles. The fraction of sp³-hybridized carbons (Fsp3) is 0.350. The van der Waals surface area contributed by atoms with Crippen LogP contribution in [0.2, 0.25) is 0 Å². The quantitative estimate of drug-likeness (QED) is 0.702. The molecule has 0 radical (unpaired) electrons. The summed E-state index contributed by atoms with van der Waals surface area (Å²) in [5, 5.41) is 9.36. The van der Waals surface area contributed by atoms with Gasteiger partial charge < -0.3 is 16.0 Å². The number of pyridine rings is 1. The van der Waals surface area contributed by atoms with Crippen molar-refractivity contribution in [3.63, 3.8) is 0 Å². The van der Waals surface area contributed by atoms with Crippen LogP contribution in [0.5, 0.6) is 0 Å². The van der Waals surface area contributed by atoms with Crippen molar-refractivity contribution in [2.24, 2.45) is 0 Å². The molecular weight excluding hydrogens is 399 g/mol. The molecular formula is C20H26Cl2N4O2. The zero-order valence-corrected chi connectivity index (χ0v) is 17.5. The van der Waals surface area contributed by atoms with Gasteiger partial charge in [0.1, 0.15) is 0 Å². The molecule has 1 aromatic heterocycles. The number of rotatable bonds is 4. The summed E-state index contributed by atoms with van der Waals surface area (Å²) in [7, 11) is 0. The number of nitrogens with zero attached hydrogens (tertiary/aromatic N) is 1. The van der Waals surface area contributed by atoms with E-state index in [1.54, 1.807) is 30.6 Å². The molecule has 2 aromatic rings. The Balaban J connectivity index is 0.00000196. The van der Waals surface area contributed by atoms with E-state index in [1.165, 1.54) is 0 Å². The third kappa shape index (κ3) is 5.67. The molecule has 8 heteroatoms. The van der Waals surface area contributed by atoms with E-state index in [-0.39, 0.29) is 48.7 Å². The average Bonchev–Trinajstić information content (AvgIpc) is 2.65. The molecule has 6 nitrogen and oxygen atoms in total. The van der Waals surface area contributed by atoms with Gasteiger partial charge in [-0.25, -0.2) is 0 Å². The minimum atomic E-state index is -0.261. The van der Waals surface area contributed by atoms with Crippen LogP contribution in [0.3, 0.4) is 0 Å². The number of hydrogen-bond acceptors (Lipinski definition) is 4. The highest BCUT2D eigenvalue weighted by Crippen LogP contribution is 2.22. The molecule has 0 bridgehead atoms. The number of nitrogens with one attached hydrogen (secondary N) is 3. The number of benzene rings is 1. The van der Waals surface area contributed by atoms with Gasteiger partial charge in [-0.1, -0.05) is 12.1 Å². The number of aryl methyl sites for hydroxylation is 1. The number of para-hydroxylation sites is 1. The Bertz CT molecular complexity index is 802. The van der Waals surface area contributed by atoms with Crippen molar-refractivity contribution in [2.45, 2.75) is 38.8 Å². The maximum atomic E-state index is 12.8. The van der Waals surface area contributed by atoms with Gasteiger partial charge in [0.2, 0.25) is 0 Å². The Hall–Kier alpha value is -2.15. The van der Waals surface area contributed by atoms with Crippen molar-refractivity contribution in [1.29, 1.82) is 0 Å². The minimum Gasteiger partial charge on any atom is -0.348 e. The molecule has 0 spiro atoms. The highest BCUT2D eigenvalue weighted by Gasteiger charge is 2.24. The maximum absolute atomic E-state index is 12.8. The first-order valence-corrected chi connectivity index (χ1v) is 8.91. The van der Waals surface area contributed by atoms with Crippen molar-refractivity contribution < 1.29 is 9.59 Å². The van der Waals surface area contributed by atoms with E-state index in [4.69, 9.17) is 0 Å². The number of halogens is 2. The summed E-state index contributed by atoms with van der Waals surface area (Å²) in [5.74, 6) is -0.428. The number of hydrogen-bond donors (Lipinski definition) is 3. The Labute approximate surface area is 177 Å². The van der Waals surface area contributed by atoms with Crippen molar-refractivity contribution in [3.05, 3.63) is 59.4 Å². The Morgan fingerprint density at radius 1 is 1.11 bits per heavy atom. The van der Waals surface area contributed by atoms with Crippen LogP contribution in [-0.2, 0) is 0 Å². The van der Waals surface area contributed by atoms with Crippen molar-refractivity contribution in [1.82, 2.24) is 15.6 Å². The van der Waals surface area contributed by atoms with Crippen molar-refractivity contribution in [3.8, 4) is 0 Å². The van der Waals surface area contributed by atoms with E-state index < -0.39 is 0 Å². The van der Waals surface area contributed by atoms with Crippen molar-refractivity contribution in [2.75, 3.05) is 11.9 Å². The second kappa shape index (κ2) is 11.0. The molecule has 28 heavy (non-hydrogen) atoms. The van der Waals surface area contributed by atoms with Crippen LogP contribution in [0.4, 0.5) is 5.69 Å². The molecule has 2 heterocycles. The van der Waals surface area contributed by atoms with Crippen LogP contribution in [0.15, 0.2) is 42.7 Å². The van der Waals surface area contributed by atoms with Gasteiger partial charge in [0, 0.05) is 30.0 Å². The SMILES string of the molecule is Cc1cccc(C(=O)NC2CCCNC2C)c1NC(=O)c1ccncc1.Cl.Cl. The monoisotopic (exact) mass is 424 g/mol. The van der Waals surface area contributed by atoms with E-state index in [2.05, 4.69) is 27.9 Å². The number of piperidine rings is 1. The summed E-state index contributed by atoms with van der Waals surface area (Å²) < 4.78 is 0. The Kier molecular flexibility index (Phi) is 9.38. The molecule has 3 N–H and O–H groups in total. The topological polar surface area (TPSA) is 83.1 Å². The molecule has 152 valence electrons. The summed E-state index contributed by atoms with van der Waals surface area (Å²) in [6.45, 7) is 4.93. The van der Waals surface area contributed by atoms with Gasteiger partial charge in [-0.3, -0.25) is 14.6 Å². The van der Waals surface area contributed by atoms with Gasteiger partial charge in [0.15, 0.2) is 0 Å². The molecule has 1 aliphatic heterocycles. The van der Waals surface area contributed by atoms with E-state index in [0.29, 0.717) is 16.8 Å². The third-order valence-electron chi connectivity index (χ3n) is 4.78. The Morgan fingerprint density at radius 3 is 2.50 bits per heavy atom. The lowest BCUT2D eigenvalue weighted by Gasteiger charge is -2.31. The number of carbonyl (C=O) groups excluding carboxylic acids is 2. The maximum Gasteiger partial charge on any atom is 0.255 e. The summed E-state index contributed by atoms with van der Waals surface area (Å²) in [6.07, 6.45) is 5.12. The second-order valence-corrected chi connectivity index (χ2v) is 6.65. The second-order valence-electron chi connectivity index (χ2n) is 6.65. The predicted molar refractivity (Wildman–Crippen MR) is 116 cm³/mol. The zero-order chi connectivity index (χ0) is 18.5. The highest BCUT2D eigenvalue weighted by atomic mass is 35.5. The van der Waals surface area contributed by atoms with Crippen LogP contribution in [0.1, 0.15) is 46.0 Å². The molecule has 1 saturated heterocycles. The van der Waals surface area contributed by atoms with E-state index in [0.717, 1.165) is 24.9 Å². The number of amides is 2. The average molecular weight is 425 g/mol. The van der Waals surface area contributed by atoms with Gasteiger partial charge in [-0.15, -0.1) is 24.8 Å². The molecule has 2 amide bonds. The minimum absolute atomic E-state index is 0. The van der Waals surface area contributed by atoms with Gasteiger partial charge in [-0.05, 0) is 57.0 Å². The molecule has 2 atom stereocenters. The van der Waals surface area contributed by atoms with Crippen LogP contribution >= 0.6 is 24.8 Å². The molecule has 1 aliphatic rings. The summed E-state index contributed by atoms with van der Waals surface area (Å²) in [5.41, 5.74) is 2.36. The fourth-order valence-electron chi connectivity index (χ4n) is 3.20. The number of carbonyl (C=O) groups is 2. The van der Waals surface area contributed by atoms with E-state index in [1.807, 2.05) is 19.1 Å². The standard InChI is InChI=1S/C20H24N4O2.2ClH/c1-13-5-3-6-16(20(26)23-17-7-4-10-22-14(17)2)18(13)24-19(25)15-8-11-21-12-9-15;;/h3,5-6,8-9,11-12,14,17,22H,4,7,10H2,1-2H3,(H,23,26)(H,24,25);2*1H. The summed E-state index contributed by atoms with van der Waals surface area (Å²) in [4.78, 5) is 29.3. The Morgan fingerprint density at radius 2 is 1.82 bits per heavy atom. The van der Waals surface area contributed by atoms with Crippen molar-refractivity contribution >= 4 is 42.3 Å². The summed E-state index contributed by atoms with van der Waals surface area (Å²) in [6, 6.07) is 9.04. The van der Waals surface area contributed by atoms with Gasteiger partial charge in [0.25, 0.3) is 11.8 Å². The molecule has 3 rings (SSSR count). The van der Waals surface area contributed by atoms with Crippen LogP contribution in [0, 0.1) is 6.92 Å². The first-order valence-electron chi connectivity index (χ1n) is 8.91. The third-order valence-corrected chi connectivity index (χ3v) is 4.78. The molecule has 2 unspecified atom stereocenters.